The normalized spacial score (nSPS) is 9.00. The molecule has 0 radical (unpaired) electrons. The molecule has 1 rings (SSSR count). The van der Waals surface area contributed by atoms with E-state index >= 15 is 0 Å². The van der Waals surface area contributed by atoms with E-state index in [4.69, 9.17) is 0 Å². The number of benzene rings is 1. The Morgan fingerprint density at radius 3 is 2.57 bits per heavy atom. The molecule has 0 spiro atoms. The SMILES string of the molecule is CC(=O)SCC#Cc1ccc(C)cc1. The maximum absolute atomic E-state index is 10.6. The summed E-state index contributed by atoms with van der Waals surface area (Å²) in [5.41, 5.74) is 2.23. The van der Waals surface area contributed by atoms with Gasteiger partial charge in [0.15, 0.2) is 5.12 Å². The van der Waals surface area contributed by atoms with E-state index in [0.29, 0.717) is 5.75 Å². The summed E-state index contributed by atoms with van der Waals surface area (Å²) < 4.78 is 0. The van der Waals surface area contributed by atoms with Gasteiger partial charge in [-0.25, -0.2) is 0 Å². The summed E-state index contributed by atoms with van der Waals surface area (Å²) in [5, 5.41) is 0.114. The smallest absolute Gasteiger partial charge is 0.186 e. The molecule has 1 nitrogen and oxygen atoms in total. The third-order valence-corrected chi connectivity index (χ3v) is 2.33. The van der Waals surface area contributed by atoms with Crippen molar-refractivity contribution in [3.05, 3.63) is 35.4 Å². The van der Waals surface area contributed by atoms with Gasteiger partial charge >= 0.3 is 0 Å². The van der Waals surface area contributed by atoms with Crippen LogP contribution in [0.5, 0.6) is 0 Å². The Labute approximate surface area is 88.9 Å². The molecular formula is C12H12OS. The molecule has 2 heteroatoms. The van der Waals surface area contributed by atoms with E-state index in [9.17, 15) is 4.79 Å². The number of hydrogen-bond donors (Lipinski definition) is 0. The Balaban J connectivity index is 2.51. The van der Waals surface area contributed by atoms with Gasteiger partial charge < -0.3 is 0 Å². The molecule has 0 N–H and O–H groups in total. The lowest BCUT2D eigenvalue weighted by Crippen LogP contribution is -1.82. The van der Waals surface area contributed by atoms with Crippen LogP contribution in [0.25, 0.3) is 0 Å². The zero-order valence-corrected chi connectivity index (χ0v) is 9.15. The van der Waals surface area contributed by atoms with Gasteiger partial charge in [0.25, 0.3) is 0 Å². The summed E-state index contributed by atoms with van der Waals surface area (Å²) in [6.07, 6.45) is 0. The molecule has 0 atom stereocenters. The number of rotatable bonds is 1. The van der Waals surface area contributed by atoms with Crippen LogP contribution in [0.1, 0.15) is 18.1 Å². The number of carbonyl (C=O) groups excluding carboxylic acids is 1. The molecule has 14 heavy (non-hydrogen) atoms. The lowest BCUT2D eigenvalue weighted by Gasteiger charge is -1.91. The Morgan fingerprint density at radius 1 is 1.36 bits per heavy atom. The van der Waals surface area contributed by atoms with Crippen LogP contribution in [-0.4, -0.2) is 10.9 Å². The van der Waals surface area contributed by atoms with E-state index in [2.05, 4.69) is 11.8 Å². The molecule has 0 amide bonds. The fraction of sp³-hybridized carbons (Fsp3) is 0.250. The quantitative estimate of drug-likeness (QED) is 0.654. The molecule has 0 heterocycles. The predicted molar refractivity (Wildman–Crippen MR) is 61.2 cm³/mol. The second kappa shape index (κ2) is 5.51. The van der Waals surface area contributed by atoms with E-state index in [0.717, 1.165) is 5.56 Å². The van der Waals surface area contributed by atoms with E-state index in [1.165, 1.54) is 17.3 Å². The molecule has 0 bridgehead atoms. The van der Waals surface area contributed by atoms with E-state index in [1.807, 2.05) is 31.2 Å². The molecule has 0 saturated heterocycles. The minimum Gasteiger partial charge on any atom is -0.288 e. The molecule has 0 unspecified atom stereocenters. The van der Waals surface area contributed by atoms with Gasteiger partial charge in [0.1, 0.15) is 0 Å². The van der Waals surface area contributed by atoms with Gasteiger partial charge in [-0.3, -0.25) is 4.79 Å². The van der Waals surface area contributed by atoms with Gasteiger partial charge in [0.2, 0.25) is 0 Å². The van der Waals surface area contributed by atoms with Gasteiger partial charge in [-0.05, 0) is 19.1 Å². The first kappa shape index (κ1) is 10.9. The van der Waals surface area contributed by atoms with Crippen LogP contribution in [0.15, 0.2) is 24.3 Å². The lowest BCUT2D eigenvalue weighted by atomic mass is 10.2. The minimum absolute atomic E-state index is 0.114. The average molecular weight is 204 g/mol. The Morgan fingerprint density at radius 2 is 2.00 bits per heavy atom. The van der Waals surface area contributed by atoms with E-state index in [1.54, 1.807) is 6.92 Å². The molecule has 0 saturated carbocycles. The predicted octanol–water partition coefficient (Wildman–Crippen LogP) is 2.63. The molecule has 1 aromatic rings. The standard InChI is InChI=1S/C12H12OS/c1-10-5-7-12(8-6-10)4-3-9-14-11(2)13/h5-8H,9H2,1-2H3. The van der Waals surface area contributed by atoms with Gasteiger partial charge in [0.05, 0.1) is 5.75 Å². The lowest BCUT2D eigenvalue weighted by molar-refractivity contribution is -0.109. The largest absolute Gasteiger partial charge is 0.288 e. The van der Waals surface area contributed by atoms with Crippen molar-refractivity contribution in [2.75, 3.05) is 5.75 Å². The second-order valence-corrected chi connectivity index (χ2v) is 4.10. The molecule has 0 aromatic heterocycles. The van der Waals surface area contributed by atoms with Crippen LogP contribution in [0, 0.1) is 18.8 Å². The number of aryl methyl sites for hydroxylation is 1. The van der Waals surface area contributed by atoms with Crippen LogP contribution < -0.4 is 0 Å². The highest BCUT2D eigenvalue weighted by atomic mass is 32.2. The highest BCUT2D eigenvalue weighted by Crippen LogP contribution is 2.02. The summed E-state index contributed by atoms with van der Waals surface area (Å²) in [4.78, 5) is 10.6. The first-order valence-electron chi connectivity index (χ1n) is 4.37. The van der Waals surface area contributed by atoms with Crippen LogP contribution in [0.2, 0.25) is 0 Å². The fourth-order valence-electron chi connectivity index (χ4n) is 0.913. The highest BCUT2D eigenvalue weighted by Gasteiger charge is 1.89. The van der Waals surface area contributed by atoms with E-state index < -0.39 is 0 Å². The number of carbonyl (C=O) groups is 1. The van der Waals surface area contributed by atoms with Crippen molar-refractivity contribution in [1.29, 1.82) is 0 Å². The molecule has 72 valence electrons. The third kappa shape index (κ3) is 4.15. The maximum atomic E-state index is 10.6. The van der Waals surface area contributed by atoms with Crippen molar-refractivity contribution in [3.8, 4) is 11.8 Å². The molecule has 0 aliphatic rings. The van der Waals surface area contributed by atoms with Crippen molar-refractivity contribution in [1.82, 2.24) is 0 Å². The topological polar surface area (TPSA) is 17.1 Å². The zero-order valence-electron chi connectivity index (χ0n) is 8.33. The van der Waals surface area contributed by atoms with Crippen molar-refractivity contribution in [2.45, 2.75) is 13.8 Å². The fourth-order valence-corrected chi connectivity index (χ4v) is 1.26. The minimum atomic E-state index is 0.114. The Hall–Kier alpha value is -1.20. The third-order valence-electron chi connectivity index (χ3n) is 1.63. The van der Waals surface area contributed by atoms with Gasteiger partial charge in [-0.1, -0.05) is 41.3 Å². The molecular weight excluding hydrogens is 192 g/mol. The van der Waals surface area contributed by atoms with Crippen molar-refractivity contribution in [2.24, 2.45) is 0 Å². The van der Waals surface area contributed by atoms with Crippen molar-refractivity contribution >= 4 is 16.9 Å². The summed E-state index contributed by atoms with van der Waals surface area (Å²) in [7, 11) is 0. The first-order chi connectivity index (χ1) is 6.68. The summed E-state index contributed by atoms with van der Waals surface area (Å²) in [5.74, 6) is 6.52. The molecule has 1 aromatic carbocycles. The van der Waals surface area contributed by atoms with Crippen molar-refractivity contribution in [3.63, 3.8) is 0 Å². The number of hydrogen-bond acceptors (Lipinski definition) is 2. The Bertz CT molecular complexity index is 368. The summed E-state index contributed by atoms with van der Waals surface area (Å²) in [6.45, 7) is 3.60. The number of thioether (sulfide) groups is 1. The van der Waals surface area contributed by atoms with Gasteiger partial charge in [0, 0.05) is 12.5 Å². The molecule has 0 fully saturated rings. The monoisotopic (exact) mass is 204 g/mol. The van der Waals surface area contributed by atoms with E-state index in [-0.39, 0.29) is 5.12 Å². The maximum Gasteiger partial charge on any atom is 0.186 e. The van der Waals surface area contributed by atoms with Crippen molar-refractivity contribution < 1.29 is 4.79 Å². The van der Waals surface area contributed by atoms with Crippen LogP contribution in [0.4, 0.5) is 0 Å². The molecule has 0 aliphatic heterocycles. The first-order valence-corrected chi connectivity index (χ1v) is 5.36. The summed E-state index contributed by atoms with van der Waals surface area (Å²) in [6, 6.07) is 8.03. The summed E-state index contributed by atoms with van der Waals surface area (Å²) >= 11 is 1.24. The van der Waals surface area contributed by atoms with Gasteiger partial charge in [-0.15, -0.1) is 0 Å². The van der Waals surface area contributed by atoms with Crippen LogP contribution in [0.3, 0.4) is 0 Å². The zero-order chi connectivity index (χ0) is 10.4. The van der Waals surface area contributed by atoms with Crippen LogP contribution in [-0.2, 0) is 4.79 Å². The average Bonchev–Trinajstić information content (AvgIpc) is 2.15. The van der Waals surface area contributed by atoms with Crippen LogP contribution >= 0.6 is 11.8 Å². The molecule has 0 aliphatic carbocycles. The highest BCUT2D eigenvalue weighted by molar-refractivity contribution is 8.13. The Kier molecular flexibility index (Phi) is 4.28. The van der Waals surface area contributed by atoms with Gasteiger partial charge in [-0.2, -0.15) is 0 Å². The second-order valence-electron chi connectivity index (χ2n) is 2.95.